The van der Waals surface area contributed by atoms with E-state index in [1.165, 1.54) is 6.07 Å². The molecule has 0 aliphatic rings. The molecule has 3 aromatic carbocycles. The Labute approximate surface area is 168 Å². The number of carbonyl (C=O) groups is 1. The lowest BCUT2D eigenvalue weighted by molar-refractivity contribution is 0.0953. The Balaban J connectivity index is 1.29. The summed E-state index contributed by atoms with van der Waals surface area (Å²) in [7, 11) is 0. The molecule has 146 valence electrons. The van der Waals surface area contributed by atoms with Crippen LogP contribution in [0.3, 0.4) is 0 Å². The summed E-state index contributed by atoms with van der Waals surface area (Å²) in [6.07, 6.45) is 1.67. The van der Waals surface area contributed by atoms with Gasteiger partial charge in [0.2, 0.25) is 0 Å². The molecule has 1 aromatic heterocycles. The zero-order valence-corrected chi connectivity index (χ0v) is 16.2. The van der Waals surface area contributed by atoms with Crippen molar-refractivity contribution in [2.45, 2.75) is 19.8 Å². The van der Waals surface area contributed by atoms with Crippen LogP contribution in [0, 0.1) is 12.7 Å². The highest BCUT2D eigenvalue weighted by Gasteiger charge is 2.08. The molecule has 2 N–H and O–H groups in total. The minimum atomic E-state index is -0.217. The van der Waals surface area contributed by atoms with Gasteiger partial charge in [0.25, 0.3) is 5.91 Å². The Bertz CT molecular complexity index is 1150. The van der Waals surface area contributed by atoms with Gasteiger partial charge in [-0.1, -0.05) is 42.5 Å². The van der Waals surface area contributed by atoms with Crippen LogP contribution in [-0.2, 0) is 6.42 Å². The van der Waals surface area contributed by atoms with Crippen molar-refractivity contribution in [3.8, 4) is 11.1 Å². The quantitative estimate of drug-likeness (QED) is 0.455. The van der Waals surface area contributed by atoms with Crippen LogP contribution in [0.5, 0.6) is 0 Å². The number of fused-ring (bicyclic) bond motifs is 1. The highest BCUT2D eigenvalue weighted by molar-refractivity contribution is 5.97. The number of hydrogen-bond acceptors (Lipinski definition) is 2. The van der Waals surface area contributed by atoms with Crippen LogP contribution in [-0.4, -0.2) is 22.4 Å². The standard InChI is InChI=1S/C24H22FN3O/c1-16-27-22-13-12-19(15-23(22)28-16)24(29)26-14-4-5-17-8-10-18(11-9-17)20-6-2-3-7-21(20)25/h2-3,6-13,15H,4-5,14H2,1H3,(H,26,29)(H,27,28). The number of benzene rings is 3. The zero-order chi connectivity index (χ0) is 20.2. The average Bonchev–Trinajstić information content (AvgIpc) is 3.11. The van der Waals surface area contributed by atoms with Crippen molar-refractivity contribution in [2.75, 3.05) is 6.54 Å². The van der Waals surface area contributed by atoms with E-state index >= 15 is 0 Å². The molecule has 0 aliphatic heterocycles. The zero-order valence-electron chi connectivity index (χ0n) is 16.2. The second kappa shape index (κ2) is 8.27. The normalized spacial score (nSPS) is 11.0. The molecular weight excluding hydrogens is 365 g/mol. The van der Waals surface area contributed by atoms with Crippen LogP contribution in [0.25, 0.3) is 22.2 Å². The van der Waals surface area contributed by atoms with Crippen LogP contribution >= 0.6 is 0 Å². The third kappa shape index (κ3) is 4.35. The number of halogens is 1. The summed E-state index contributed by atoms with van der Waals surface area (Å²) in [6, 6.07) is 20.2. The molecule has 4 nitrogen and oxygen atoms in total. The van der Waals surface area contributed by atoms with Crippen LogP contribution in [0.2, 0.25) is 0 Å². The van der Waals surface area contributed by atoms with E-state index in [-0.39, 0.29) is 11.7 Å². The average molecular weight is 387 g/mol. The van der Waals surface area contributed by atoms with E-state index in [0.29, 0.717) is 17.7 Å². The van der Waals surface area contributed by atoms with Gasteiger partial charge in [0, 0.05) is 17.7 Å². The summed E-state index contributed by atoms with van der Waals surface area (Å²) in [6.45, 7) is 2.48. The molecule has 0 saturated carbocycles. The van der Waals surface area contributed by atoms with Gasteiger partial charge in [0.15, 0.2) is 0 Å². The molecule has 0 saturated heterocycles. The third-order valence-electron chi connectivity index (χ3n) is 4.93. The predicted molar refractivity (Wildman–Crippen MR) is 113 cm³/mol. The van der Waals surface area contributed by atoms with Gasteiger partial charge in [-0.3, -0.25) is 4.79 Å². The van der Waals surface area contributed by atoms with E-state index in [1.54, 1.807) is 24.3 Å². The van der Waals surface area contributed by atoms with E-state index in [0.717, 1.165) is 40.8 Å². The monoisotopic (exact) mass is 387 g/mol. The first-order valence-electron chi connectivity index (χ1n) is 9.68. The van der Waals surface area contributed by atoms with Gasteiger partial charge >= 0.3 is 0 Å². The first-order chi connectivity index (χ1) is 14.1. The lowest BCUT2D eigenvalue weighted by Crippen LogP contribution is -2.24. The van der Waals surface area contributed by atoms with E-state index in [4.69, 9.17) is 0 Å². The first kappa shape index (κ1) is 18.9. The molecule has 0 radical (unpaired) electrons. The van der Waals surface area contributed by atoms with Crippen molar-refractivity contribution >= 4 is 16.9 Å². The highest BCUT2D eigenvalue weighted by atomic mass is 19.1. The molecule has 0 atom stereocenters. The Morgan fingerprint density at radius 1 is 1.07 bits per heavy atom. The van der Waals surface area contributed by atoms with Gasteiger partial charge in [0.1, 0.15) is 11.6 Å². The Kier molecular flexibility index (Phi) is 5.38. The first-order valence-corrected chi connectivity index (χ1v) is 9.68. The van der Waals surface area contributed by atoms with Crippen molar-refractivity contribution < 1.29 is 9.18 Å². The number of aryl methyl sites for hydroxylation is 2. The molecule has 1 amide bonds. The maximum Gasteiger partial charge on any atom is 0.251 e. The number of aromatic nitrogens is 2. The molecule has 0 bridgehead atoms. The van der Waals surface area contributed by atoms with Gasteiger partial charge < -0.3 is 10.3 Å². The van der Waals surface area contributed by atoms with Crippen LogP contribution in [0.1, 0.15) is 28.2 Å². The van der Waals surface area contributed by atoms with Crippen molar-refractivity contribution in [1.29, 1.82) is 0 Å². The Hall–Kier alpha value is -3.47. The van der Waals surface area contributed by atoms with Gasteiger partial charge in [-0.25, -0.2) is 9.37 Å². The fourth-order valence-electron chi connectivity index (χ4n) is 3.42. The molecule has 1 heterocycles. The Morgan fingerprint density at radius 3 is 2.66 bits per heavy atom. The summed E-state index contributed by atoms with van der Waals surface area (Å²) in [5, 5.41) is 2.96. The largest absolute Gasteiger partial charge is 0.352 e. The number of carbonyl (C=O) groups excluding carboxylic acids is 1. The van der Waals surface area contributed by atoms with Gasteiger partial charge in [-0.2, -0.15) is 0 Å². The number of amides is 1. The van der Waals surface area contributed by atoms with E-state index in [2.05, 4.69) is 15.3 Å². The van der Waals surface area contributed by atoms with E-state index in [9.17, 15) is 9.18 Å². The summed E-state index contributed by atoms with van der Waals surface area (Å²) >= 11 is 0. The maximum absolute atomic E-state index is 13.9. The molecule has 29 heavy (non-hydrogen) atoms. The molecule has 0 aliphatic carbocycles. The summed E-state index contributed by atoms with van der Waals surface area (Å²) in [4.78, 5) is 19.9. The number of nitrogens with one attached hydrogen (secondary N) is 2. The van der Waals surface area contributed by atoms with Crippen molar-refractivity contribution in [2.24, 2.45) is 0 Å². The lowest BCUT2D eigenvalue weighted by atomic mass is 10.0. The topological polar surface area (TPSA) is 57.8 Å². The number of hydrogen-bond donors (Lipinski definition) is 2. The lowest BCUT2D eigenvalue weighted by Gasteiger charge is -2.07. The summed E-state index contributed by atoms with van der Waals surface area (Å²) < 4.78 is 13.9. The number of nitrogens with zero attached hydrogens (tertiary/aromatic N) is 1. The van der Waals surface area contributed by atoms with Gasteiger partial charge in [-0.05, 0) is 55.2 Å². The SMILES string of the molecule is Cc1nc2cc(C(=O)NCCCc3ccc(-c4ccccc4F)cc3)ccc2[nH]1. The molecule has 0 spiro atoms. The fraction of sp³-hybridized carbons (Fsp3) is 0.167. The maximum atomic E-state index is 13.9. The minimum Gasteiger partial charge on any atom is -0.352 e. The van der Waals surface area contributed by atoms with E-state index in [1.807, 2.05) is 43.3 Å². The van der Waals surface area contributed by atoms with Gasteiger partial charge in [0.05, 0.1) is 11.0 Å². The van der Waals surface area contributed by atoms with Crippen LogP contribution in [0.15, 0.2) is 66.7 Å². The number of imidazole rings is 1. The molecule has 5 heteroatoms. The van der Waals surface area contributed by atoms with Crippen LogP contribution < -0.4 is 5.32 Å². The smallest absolute Gasteiger partial charge is 0.251 e. The number of H-pyrrole nitrogens is 1. The number of rotatable bonds is 6. The molecular formula is C24H22FN3O. The molecule has 0 fully saturated rings. The Morgan fingerprint density at radius 2 is 1.86 bits per heavy atom. The molecule has 4 rings (SSSR count). The van der Waals surface area contributed by atoms with Crippen molar-refractivity contribution in [3.05, 3.63) is 89.5 Å². The van der Waals surface area contributed by atoms with Crippen molar-refractivity contribution in [3.63, 3.8) is 0 Å². The van der Waals surface area contributed by atoms with E-state index < -0.39 is 0 Å². The third-order valence-corrected chi connectivity index (χ3v) is 4.93. The second-order valence-electron chi connectivity index (χ2n) is 7.09. The van der Waals surface area contributed by atoms with Crippen LogP contribution in [0.4, 0.5) is 4.39 Å². The van der Waals surface area contributed by atoms with Crippen molar-refractivity contribution in [1.82, 2.24) is 15.3 Å². The van der Waals surface area contributed by atoms with Gasteiger partial charge in [-0.15, -0.1) is 0 Å². The molecule has 0 unspecified atom stereocenters. The number of aromatic amines is 1. The predicted octanol–water partition coefficient (Wildman–Crippen LogP) is 5.04. The second-order valence-corrected chi connectivity index (χ2v) is 7.09. The summed E-state index contributed by atoms with van der Waals surface area (Å²) in [5.41, 5.74) is 4.97. The molecule has 4 aromatic rings. The minimum absolute atomic E-state index is 0.0950. The fourth-order valence-corrected chi connectivity index (χ4v) is 3.42. The summed E-state index contributed by atoms with van der Waals surface area (Å²) in [5.74, 6) is 0.521. The highest BCUT2D eigenvalue weighted by Crippen LogP contribution is 2.23.